The highest BCUT2D eigenvalue weighted by atomic mass is 32.1. The van der Waals surface area contributed by atoms with Crippen LogP contribution in [0, 0.1) is 0 Å². The minimum atomic E-state index is -0.0556. The summed E-state index contributed by atoms with van der Waals surface area (Å²) < 4.78 is 5.35. The highest BCUT2D eigenvalue weighted by molar-refractivity contribution is 7.17. The summed E-state index contributed by atoms with van der Waals surface area (Å²) in [6.45, 7) is 6.17. The molecule has 0 bridgehead atoms. The molecule has 0 aliphatic rings. The maximum atomic E-state index is 12.7. The molecule has 1 N–H and O–H groups in total. The number of thiophene rings is 1. The quantitative estimate of drug-likeness (QED) is 0.590. The standard InChI is InChI=1S/C19H20N4OS/c1-3-22-15-9-10-25-17(15)11-16(22)19(24)20-12-18-21-13-7-5-6-8-14(13)23(18)4-2/h5-11H,3-4,12H2,1-2H3,(H,20,24). The third-order valence-electron chi connectivity index (χ3n) is 4.53. The molecule has 0 spiro atoms. The number of imidazole rings is 1. The van der Waals surface area contributed by atoms with E-state index in [2.05, 4.69) is 50.8 Å². The third kappa shape index (κ3) is 2.62. The number of rotatable bonds is 5. The number of para-hydroxylation sites is 2. The molecular formula is C19H20N4OS. The van der Waals surface area contributed by atoms with Crippen LogP contribution in [0.3, 0.4) is 0 Å². The second-order valence-corrected chi connectivity index (χ2v) is 6.84. The van der Waals surface area contributed by atoms with Crippen LogP contribution in [0.2, 0.25) is 0 Å². The van der Waals surface area contributed by atoms with E-state index in [0.717, 1.165) is 40.2 Å². The average Bonchev–Trinajstić information content (AvgIpc) is 3.30. The number of nitrogens with one attached hydrogen (secondary N) is 1. The van der Waals surface area contributed by atoms with E-state index in [4.69, 9.17) is 0 Å². The monoisotopic (exact) mass is 352 g/mol. The van der Waals surface area contributed by atoms with E-state index in [9.17, 15) is 4.79 Å². The molecule has 1 amide bonds. The number of carbonyl (C=O) groups is 1. The van der Waals surface area contributed by atoms with E-state index in [1.165, 1.54) is 0 Å². The second kappa shape index (κ2) is 6.37. The fourth-order valence-electron chi connectivity index (χ4n) is 3.37. The molecule has 0 radical (unpaired) electrons. The van der Waals surface area contributed by atoms with E-state index in [1.54, 1.807) is 11.3 Å². The Bertz CT molecular complexity index is 1060. The first-order valence-electron chi connectivity index (χ1n) is 8.52. The highest BCUT2D eigenvalue weighted by Gasteiger charge is 2.16. The molecule has 0 atom stereocenters. The number of aryl methyl sites for hydroxylation is 2. The number of carbonyl (C=O) groups excluding carboxylic acids is 1. The molecule has 0 aliphatic carbocycles. The van der Waals surface area contributed by atoms with E-state index < -0.39 is 0 Å². The maximum absolute atomic E-state index is 12.7. The first-order chi connectivity index (χ1) is 12.2. The minimum absolute atomic E-state index is 0.0556. The van der Waals surface area contributed by atoms with Crippen LogP contribution in [-0.4, -0.2) is 20.0 Å². The predicted molar refractivity (Wildman–Crippen MR) is 102 cm³/mol. The zero-order chi connectivity index (χ0) is 17.4. The first kappa shape index (κ1) is 15.9. The lowest BCUT2D eigenvalue weighted by molar-refractivity contribution is 0.0941. The number of amides is 1. The molecule has 3 heterocycles. The summed E-state index contributed by atoms with van der Waals surface area (Å²) in [5.74, 6) is 0.827. The third-order valence-corrected chi connectivity index (χ3v) is 5.38. The Kier molecular flexibility index (Phi) is 4.05. The van der Waals surface area contributed by atoms with Crippen molar-refractivity contribution < 1.29 is 4.79 Å². The molecule has 5 nitrogen and oxygen atoms in total. The smallest absolute Gasteiger partial charge is 0.268 e. The highest BCUT2D eigenvalue weighted by Crippen LogP contribution is 2.25. The Labute approximate surface area is 149 Å². The van der Waals surface area contributed by atoms with Gasteiger partial charge in [0.25, 0.3) is 5.91 Å². The molecule has 6 heteroatoms. The molecule has 128 valence electrons. The van der Waals surface area contributed by atoms with Crippen molar-refractivity contribution in [3.63, 3.8) is 0 Å². The lowest BCUT2D eigenvalue weighted by atomic mass is 10.3. The molecule has 4 rings (SSSR count). The summed E-state index contributed by atoms with van der Waals surface area (Å²) in [7, 11) is 0. The summed E-state index contributed by atoms with van der Waals surface area (Å²) in [4.78, 5) is 17.4. The van der Waals surface area contributed by atoms with Crippen LogP contribution in [0.4, 0.5) is 0 Å². The molecule has 0 aliphatic heterocycles. The SMILES string of the molecule is CCn1c(CNC(=O)c2cc3sccc3n2CC)nc2ccccc21. The fourth-order valence-corrected chi connectivity index (χ4v) is 4.19. The van der Waals surface area contributed by atoms with Crippen molar-refractivity contribution in [1.82, 2.24) is 19.4 Å². The minimum Gasteiger partial charge on any atom is -0.344 e. The van der Waals surface area contributed by atoms with Crippen molar-refractivity contribution in [1.29, 1.82) is 0 Å². The van der Waals surface area contributed by atoms with Crippen LogP contribution < -0.4 is 5.32 Å². The van der Waals surface area contributed by atoms with Gasteiger partial charge in [-0.25, -0.2) is 4.98 Å². The number of fused-ring (bicyclic) bond motifs is 2. The van der Waals surface area contributed by atoms with Gasteiger partial charge in [-0.05, 0) is 43.5 Å². The van der Waals surface area contributed by atoms with E-state index in [1.807, 2.05) is 24.3 Å². The van der Waals surface area contributed by atoms with Crippen LogP contribution >= 0.6 is 11.3 Å². The van der Waals surface area contributed by atoms with Crippen LogP contribution in [-0.2, 0) is 19.6 Å². The van der Waals surface area contributed by atoms with E-state index >= 15 is 0 Å². The van der Waals surface area contributed by atoms with Gasteiger partial charge in [0.15, 0.2) is 0 Å². The number of hydrogen-bond donors (Lipinski definition) is 1. The topological polar surface area (TPSA) is 51.9 Å². The molecule has 0 saturated carbocycles. The van der Waals surface area contributed by atoms with Gasteiger partial charge in [0.05, 0.1) is 27.8 Å². The Morgan fingerprint density at radius 3 is 2.72 bits per heavy atom. The Balaban J connectivity index is 1.60. The maximum Gasteiger partial charge on any atom is 0.268 e. The molecule has 0 fully saturated rings. The van der Waals surface area contributed by atoms with Crippen LogP contribution in [0.15, 0.2) is 41.8 Å². The number of aromatic nitrogens is 3. The number of hydrogen-bond acceptors (Lipinski definition) is 3. The molecule has 1 aromatic carbocycles. The average molecular weight is 352 g/mol. The molecule has 25 heavy (non-hydrogen) atoms. The molecule has 0 saturated heterocycles. The van der Waals surface area contributed by atoms with Gasteiger partial charge in [-0.15, -0.1) is 11.3 Å². The molecule has 4 aromatic rings. The number of benzene rings is 1. The Morgan fingerprint density at radius 1 is 1.12 bits per heavy atom. The molecule has 0 unspecified atom stereocenters. The van der Waals surface area contributed by atoms with E-state index in [0.29, 0.717) is 12.2 Å². The van der Waals surface area contributed by atoms with Gasteiger partial charge in [-0.3, -0.25) is 4.79 Å². The summed E-state index contributed by atoms with van der Waals surface area (Å²) in [6.07, 6.45) is 0. The zero-order valence-electron chi connectivity index (χ0n) is 14.3. The van der Waals surface area contributed by atoms with Gasteiger partial charge < -0.3 is 14.5 Å². The first-order valence-corrected chi connectivity index (χ1v) is 9.40. The summed E-state index contributed by atoms with van der Waals surface area (Å²) in [6, 6.07) is 12.1. The van der Waals surface area contributed by atoms with Gasteiger partial charge in [0.2, 0.25) is 0 Å². The van der Waals surface area contributed by atoms with Crippen LogP contribution in [0.5, 0.6) is 0 Å². The van der Waals surface area contributed by atoms with Gasteiger partial charge in [-0.1, -0.05) is 12.1 Å². The Morgan fingerprint density at radius 2 is 1.92 bits per heavy atom. The normalized spacial score (nSPS) is 11.4. The fraction of sp³-hybridized carbons (Fsp3) is 0.263. The lowest BCUT2D eigenvalue weighted by Crippen LogP contribution is -2.26. The molecular weight excluding hydrogens is 332 g/mol. The van der Waals surface area contributed by atoms with Gasteiger partial charge in [0, 0.05) is 13.1 Å². The van der Waals surface area contributed by atoms with Crippen LogP contribution in [0.1, 0.15) is 30.2 Å². The second-order valence-electron chi connectivity index (χ2n) is 5.89. The van der Waals surface area contributed by atoms with Crippen molar-refractivity contribution in [2.24, 2.45) is 0 Å². The summed E-state index contributed by atoms with van der Waals surface area (Å²) >= 11 is 1.66. The molecule has 3 aromatic heterocycles. The van der Waals surface area contributed by atoms with Crippen molar-refractivity contribution >= 4 is 38.5 Å². The van der Waals surface area contributed by atoms with Crippen molar-refractivity contribution in [2.75, 3.05) is 0 Å². The Hall–Kier alpha value is -2.60. The van der Waals surface area contributed by atoms with Gasteiger partial charge in [0.1, 0.15) is 11.5 Å². The van der Waals surface area contributed by atoms with Crippen molar-refractivity contribution in [2.45, 2.75) is 33.5 Å². The van der Waals surface area contributed by atoms with Crippen LogP contribution in [0.25, 0.3) is 21.3 Å². The lowest BCUT2D eigenvalue weighted by Gasteiger charge is -2.10. The van der Waals surface area contributed by atoms with Crippen molar-refractivity contribution in [3.8, 4) is 0 Å². The van der Waals surface area contributed by atoms with Gasteiger partial charge >= 0.3 is 0 Å². The predicted octanol–water partition coefficient (Wildman–Crippen LogP) is 4.02. The number of nitrogens with zero attached hydrogens (tertiary/aromatic N) is 3. The zero-order valence-corrected chi connectivity index (χ0v) is 15.1. The summed E-state index contributed by atoms with van der Waals surface area (Å²) in [5, 5.41) is 5.10. The van der Waals surface area contributed by atoms with Gasteiger partial charge in [-0.2, -0.15) is 0 Å². The summed E-state index contributed by atoms with van der Waals surface area (Å²) in [5.41, 5.74) is 3.90. The van der Waals surface area contributed by atoms with Crippen molar-refractivity contribution in [3.05, 3.63) is 53.3 Å². The largest absolute Gasteiger partial charge is 0.344 e. The van der Waals surface area contributed by atoms with E-state index in [-0.39, 0.29) is 5.91 Å².